The molecule has 1 atom stereocenters. The van der Waals surface area contributed by atoms with Gasteiger partial charge in [0.05, 0.1) is 10.6 Å². The first-order valence-electron chi connectivity index (χ1n) is 7.85. The van der Waals surface area contributed by atoms with E-state index in [9.17, 15) is 13.2 Å². The van der Waals surface area contributed by atoms with Crippen LogP contribution in [0.1, 0.15) is 21.2 Å². The fraction of sp³-hybridized carbons (Fsp3) is 0.105. The van der Waals surface area contributed by atoms with Gasteiger partial charge >= 0.3 is 0 Å². The van der Waals surface area contributed by atoms with Gasteiger partial charge in [-0.2, -0.15) is 0 Å². The monoisotopic (exact) mass is 405 g/mol. The molecule has 3 rings (SSSR count). The lowest BCUT2D eigenvalue weighted by molar-refractivity contribution is 0.0954. The van der Waals surface area contributed by atoms with Crippen molar-refractivity contribution in [3.05, 3.63) is 88.3 Å². The first kappa shape index (κ1) is 18.6. The summed E-state index contributed by atoms with van der Waals surface area (Å²) in [5, 5.41) is 3.87. The van der Waals surface area contributed by atoms with E-state index in [1.807, 2.05) is 6.07 Å². The Labute approximate surface area is 161 Å². The summed E-state index contributed by atoms with van der Waals surface area (Å²) in [5.41, 5.74) is 0.940. The molecule has 0 saturated heterocycles. The quantitative estimate of drug-likeness (QED) is 0.663. The third kappa shape index (κ3) is 3.98. The molecule has 2 aromatic carbocycles. The second kappa shape index (κ2) is 8.03. The summed E-state index contributed by atoms with van der Waals surface area (Å²) in [5.74, 6) is -0.405. The number of nitrogens with one attached hydrogen (secondary N) is 1. The minimum atomic E-state index is -3.63. The van der Waals surface area contributed by atoms with Gasteiger partial charge in [0, 0.05) is 6.54 Å². The fourth-order valence-corrected chi connectivity index (χ4v) is 5.65. The van der Waals surface area contributed by atoms with Crippen LogP contribution in [0.5, 0.6) is 0 Å². The normalized spacial score (nSPS) is 12.5. The van der Waals surface area contributed by atoms with Crippen molar-refractivity contribution in [2.75, 3.05) is 6.54 Å². The highest BCUT2D eigenvalue weighted by Crippen LogP contribution is 2.31. The molecular weight excluding hydrogens is 390 g/mol. The third-order valence-electron chi connectivity index (χ3n) is 3.89. The highest BCUT2D eigenvalue weighted by Gasteiger charge is 2.30. The maximum absolute atomic E-state index is 13.0. The standard InChI is InChI=1S/C19H16ClNO3S2/c20-16-10-5-4-9-15(16)19(22)21-13-17(14-7-2-1-3-8-14)26(23,24)18-11-6-12-25-18/h1-12,17H,13H2,(H,21,22)/t17-/m0/s1. The van der Waals surface area contributed by atoms with Gasteiger partial charge < -0.3 is 5.32 Å². The Morgan fingerprint density at radius 1 is 1.00 bits per heavy atom. The zero-order valence-electron chi connectivity index (χ0n) is 13.6. The number of carbonyl (C=O) groups is 1. The first-order valence-corrected chi connectivity index (χ1v) is 10.7. The molecule has 0 radical (unpaired) electrons. The van der Waals surface area contributed by atoms with E-state index in [2.05, 4.69) is 5.32 Å². The van der Waals surface area contributed by atoms with E-state index in [1.165, 1.54) is 0 Å². The van der Waals surface area contributed by atoms with Crippen LogP contribution < -0.4 is 5.32 Å². The third-order valence-corrected chi connectivity index (χ3v) is 7.75. The largest absolute Gasteiger partial charge is 0.350 e. The summed E-state index contributed by atoms with van der Waals surface area (Å²) in [6.45, 7) is -0.0473. The lowest BCUT2D eigenvalue weighted by Crippen LogP contribution is -2.31. The summed E-state index contributed by atoms with van der Waals surface area (Å²) in [7, 11) is -3.63. The number of hydrogen-bond acceptors (Lipinski definition) is 4. The van der Waals surface area contributed by atoms with Gasteiger partial charge in [0.25, 0.3) is 5.91 Å². The highest BCUT2D eigenvalue weighted by atomic mass is 35.5. The number of thiophene rings is 1. The number of halogens is 1. The van der Waals surface area contributed by atoms with Gasteiger partial charge in [-0.3, -0.25) is 4.79 Å². The summed E-state index contributed by atoms with van der Waals surface area (Å²) in [6.07, 6.45) is 0. The lowest BCUT2D eigenvalue weighted by Gasteiger charge is -2.18. The van der Waals surface area contributed by atoms with Gasteiger partial charge in [-0.25, -0.2) is 8.42 Å². The second-order valence-electron chi connectivity index (χ2n) is 5.57. The van der Waals surface area contributed by atoms with E-state index in [-0.39, 0.29) is 10.8 Å². The molecule has 26 heavy (non-hydrogen) atoms. The van der Waals surface area contributed by atoms with E-state index >= 15 is 0 Å². The molecule has 3 aromatic rings. The summed E-state index contributed by atoms with van der Waals surface area (Å²) < 4.78 is 26.4. The minimum Gasteiger partial charge on any atom is -0.350 e. The molecule has 1 amide bonds. The van der Waals surface area contributed by atoms with Crippen molar-refractivity contribution in [1.82, 2.24) is 5.32 Å². The topological polar surface area (TPSA) is 63.2 Å². The van der Waals surface area contributed by atoms with Crippen molar-refractivity contribution in [2.45, 2.75) is 9.46 Å². The van der Waals surface area contributed by atoms with Crippen LogP contribution in [-0.2, 0) is 9.84 Å². The number of hydrogen-bond donors (Lipinski definition) is 1. The van der Waals surface area contributed by atoms with Gasteiger partial charge in [-0.05, 0) is 29.1 Å². The molecule has 0 bridgehead atoms. The average Bonchev–Trinajstić information content (AvgIpc) is 3.18. The van der Waals surface area contributed by atoms with Crippen LogP contribution >= 0.6 is 22.9 Å². The van der Waals surface area contributed by atoms with Gasteiger partial charge in [0.15, 0.2) is 9.84 Å². The second-order valence-corrected chi connectivity index (χ2v) is 9.28. The van der Waals surface area contributed by atoms with Crippen LogP contribution in [0.2, 0.25) is 5.02 Å². The Hall–Kier alpha value is -2.15. The van der Waals surface area contributed by atoms with E-state index in [1.54, 1.807) is 66.0 Å². The summed E-state index contributed by atoms with van der Waals surface area (Å²) >= 11 is 7.21. The Kier molecular flexibility index (Phi) is 5.76. The number of benzene rings is 2. The Balaban J connectivity index is 1.88. The molecule has 4 nitrogen and oxygen atoms in total. The van der Waals surface area contributed by atoms with E-state index < -0.39 is 21.0 Å². The zero-order chi connectivity index (χ0) is 18.6. The predicted octanol–water partition coefficient (Wildman–Crippen LogP) is 4.35. The van der Waals surface area contributed by atoms with Crippen molar-refractivity contribution in [3.8, 4) is 0 Å². The Morgan fingerprint density at radius 3 is 2.35 bits per heavy atom. The average molecular weight is 406 g/mol. The van der Waals surface area contributed by atoms with E-state index in [0.717, 1.165) is 11.3 Å². The molecular formula is C19H16ClNO3S2. The molecule has 0 spiro atoms. The molecule has 1 aromatic heterocycles. The van der Waals surface area contributed by atoms with Crippen LogP contribution in [0.4, 0.5) is 0 Å². The maximum atomic E-state index is 13.0. The number of sulfone groups is 1. The van der Waals surface area contributed by atoms with Crippen LogP contribution in [0.15, 0.2) is 76.3 Å². The van der Waals surface area contributed by atoms with Gasteiger partial charge in [-0.1, -0.05) is 60.1 Å². The summed E-state index contributed by atoms with van der Waals surface area (Å²) in [6, 6.07) is 18.8. The predicted molar refractivity (Wildman–Crippen MR) is 104 cm³/mol. The summed E-state index contributed by atoms with van der Waals surface area (Å²) in [4.78, 5) is 12.4. The molecule has 0 aliphatic carbocycles. The molecule has 0 saturated carbocycles. The van der Waals surface area contributed by atoms with Gasteiger partial charge in [-0.15, -0.1) is 11.3 Å². The molecule has 134 valence electrons. The van der Waals surface area contributed by atoms with Crippen molar-refractivity contribution in [1.29, 1.82) is 0 Å². The molecule has 0 fully saturated rings. The smallest absolute Gasteiger partial charge is 0.252 e. The number of amides is 1. The number of carbonyl (C=O) groups excluding carboxylic acids is 1. The molecule has 1 N–H and O–H groups in total. The van der Waals surface area contributed by atoms with E-state index in [4.69, 9.17) is 11.6 Å². The van der Waals surface area contributed by atoms with E-state index in [0.29, 0.717) is 16.1 Å². The maximum Gasteiger partial charge on any atom is 0.252 e. The Morgan fingerprint density at radius 2 is 1.69 bits per heavy atom. The lowest BCUT2D eigenvalue weighted by atomic mass is 10.1. The SMILES string of the molecule is O=C(NC[C@@H](c1ccccc1)S(=O)(=O)c1cccs1)c1ccccc1Cl. The molecule has 0 unspecified atom stereocenters. The van der Waals surface area contributed by atoms with Crippen LogP contribution in [0, 0.1) is 0 Å². The van der Waals surface area contributed by atoms with Crippen molar-refractivity contribution >= 4 is 38.7 Å². The van der Waals surface area contributed by atoms with Crippen LogP contribution in [0.3, 0.4) is 0 Å². The van der Waals surface area contributed by atoms with Crippen molar-refractivity contribution in [2.24, 2.45) is 0 Å². The molecule has 7 heteroatoms. The number of rotatable bonds is 6. The highest BCUT2D eigenvalue weighted by molar-refractivity contribution is 7.93. The van der Waals surface area contributed by atoms with Gasteiger partial charge in [0.2, 0.25) is 0 Å². The minimum absolute atomic E-state index is 0.0473. The molecule has 1 heterocycles. The van der Waals surface area contributed by atoms with Crippen LogP contribution in [0.25, 0.3) is 0 Å². The van der Waals surface area contributed by atoms with Crippen molar-refractivity contribution < 1.29 is 13.2 Å². The fourth-order valence-electron chi connectivity index (χ4n) is 2.57. The Bertz CT molecular complexity index is 987. The van der Waals surface area contributed by atoms with Crippen molar-refractivity contribution in [3.63, 3.8) is 0 Å². The first-order chi connectivity index (χ1) is 12.5. The van der Waals surface area contributed by atoms with Crippen LogP contribution in [-0.4, -0.2) is 20.9 Å². The molecule has 0 aliphatic rings. The van der Waals surface area contributed by atoms with Gasteiger partial charge in [0.1, 0.15) is 9.46 Å². The zero-order valence-corrected chi connectivity index (χ0v) is 16.0. The molecule has 0 aliphatic heterocycles.